The van der Waals surface area contributed by atoms with Crippen molar-refractivity contribution in [2.45, 2.75) is 51.4 Å². The third-order valence-corrected chi connectivity index (χ3v) is 7.02. The van der Waals surface area contributed by atoms with Gasteiger partial charge in [-0.15, -0.1) is 0 Å². The largest absolute Gasteiger partial charge is 0.465 e. The molecule has 1 aromatic heterocycles. The maximum absolute atomic E-state index is 13.4. The van der Waals surface area contributed by atoms with E-state index in [2.05, 4.69) is 0 Å². The zero-order valence-electron chi connectivity index (χ0n) is 19.8. The smallest absolute Gasteiger partial charge is 0.337 e. The number of aryl methyl sites for hydroxylation is 3. The summed E-state index contributed by atoms with van der Waals surface area (Å²) in [5, 5.41) is 0.845. The van der Waals surface area contributed by atoms with Crippen LogP contribution in [0.3, 0.4) is 0 Å². The number of ketones is 1. The maximum Gasteiger partial charge on any atom is 0.337 e. The second-order valence-corrected chi connectivity index (χ2v) is 9.60. The predicted molar refractivity (Wildman–Crippen MR) is 132 cm³/mol. The Bertz CT molecular complexity index is 1300. The molecule has 0 N–H and O–H groups in total. The Kier molecular flexibility index (Phi) is 7.19. The summed E-state index contributed by atoms with van der Waals surface area (Å²) in [6.45, 7) is 6.94. The van der Waals surface area contributed by atoms with Gasteiger partial charge < -0.3 is 9.47 Å². The van der Waals surface area contributed by atoms with Gasteiger partial charge in [-0.05, 0) is 62.9 Å². The first-order chi connectivity index (χ1) is 16.3. The number of benzene rings is 2. The number of rotatable bonds is 7. The summed E-state index contributed by atoms with van der Waals surface area (Å²) in [4.78, 5) is 43.2. The number of nitrogens with zero attached hydrogens (tertiary/aromatic N) is 2. The SMILES string of the molecule is COC(=O)c1ccc2c(=O)n(CC3CCCO3)c(SCC(=O)c3c(C)cc(C)cc3C)nc2c1. The maximum atomic E-state index is 13.4. The summed E-state index contributed by atoms with van der Waals surface area (Å²) < 4.78 is 12.2. The molecule has 1 fully saturated rings. The first-order valence-corrected chi connectivity index (χ1v) is 12.3. The van der Waals surface area contributed by atoms with E-state index in [1.807, 2.05) is 32.9 Å². The van der Waals surface area contributed by atoms with Gasteiger partial charge in [-0.1, -0.05) is 29.5 Å². The van der Waals surface area contributed by atoms with E-state index in [-0.39, 0.29) is 23.2 Å². The second-order valence-electron chi connectivity index (χ2n) is 8.65. The van der Waals surface area contributed by atoms with Gasteiger partial charge in [-0.2, -0.15) is 0 Å². The number of Topliss-reactive ketones (excluding diaryl/α,β-unsaturated/α-hetero) is 1. The number of carbonyl (C=O) groups is 2. The molecule has 0 radical (unpaired) electrons. The van der Waals surface area contributed by atoms with Gasteiger partial charge in [0.25, 0.3) is 5.56 Å². The number of thioether (sulfide) groups is 1. The molecule has 2 aromatic carbocycles. The average Bonchev–Trinajstić information content (AvgIpc) is 3.31. The number of hydrogen-bond acceptors (Lipinski definition) is 7. The molecule has 2 heterocycles. The van der Waals surface area contributed by atoms with Crippen LogP contribution < -0.4 is 5.56 Å². The highest BCUT2D eigenvalue weighted by Crippen LogP contribution is 2.24. The monoisotopic (exact) mass is 480 g/mol. The van der Waals surface area contributed by atoms with Crippen molar-refractivity contribution in [1.29, 1.82) is 0 Å². The average molecular weight is 481 g/mol. The lowest BCUT2D eigenvalue weighted by Gasteiger charge is -2.17. The van der Waals surface area contributed by atoms with Crippen LogP contribution in [0.1, 0.15) is 50.2 Å². The number of hydrogen-bond donors (Lipinski definition) is 0. The summed E-state index contributed by atoms with van der Waals surface area (Å²) in [6, 6.07) is 8.72. The Morgan fingerprint density at radius 3 is 2.56 bits per heavy atom. The van der Waals surface area contributed by atoms with Gasteiger partial charge in [0.1, 0.15) is 0 Å². The van der Waals surface area contributed by atoms with Crippen molar-refractivity contribution in [1.82, 2.24) is 9.55 Å². The van der Waals surface area contributed by atoms with Crippen LogP contribution >= 0.6 is 11.8 Å². The lowest BCUT2D eigenvalue weighted by molar-refractivity contribution is 0.0600. The highest BCUT2D eigenvalue weighted by molar-refractivity contribution is 7.99. The molecule has 0 saturated carbocycles. The molecule has 1 saturated heterocycles. The van der Waals surface area contributed by atoms with Crippen LogP contribution in [0.4, 0.5) is 0 Å². The second kappa shape index (κ2) is 10.1. The van der Waals surface area contributed by atoms with E-state index in [4.69, 9.17) is 14.5 Å². The Balaban J connectivity index is 1.71. The van der Waals surface area contributed by atoms with Gasteiger partial charge in [-0.3, -0.25) is 14.2 Å². The van der Waals surface area contributed by atoms with Crippen molar-refractivity contribution in [2.75, 3.05) is 19.5 Å². The summed E-state index contributed by atoms with van der Waals surface area (Å²) in [5.74, 6) is -0.367. The van der Waals surface area contributed by atoms with Crippen LogP contribution in [0.25, 0.3) is 10.9 Å². The minimum Gasteiger partial charge on any atom is -0.465 e. The predicted octanol–water partition coefficient (Wildman–Crippen LogP) is 4.26. The molecule has 3 aromatic rings. The Hall–Kier alpha value is -2.97. The molecule has 0 amide bonds. The minimum absolute atomic E-state index is 0.0127. The van der Waals surface area contributed by atoms with Crippen molar-refractivity contribution in [3.63, 3.8) is 0 Å². The summed E-state index contributed by atoms with van der Waals surface area (Å²) in [5.41, 5.74) is 4.20. The number of ether oxygens (including phenoxy) is 2. The van der Waals surface area contributed by atoms with Crippen molar-refractivity contribution in [2.24, 2.45) is 0 Å². The van der Waals surface area contributed by atoms with Crippen LogP contribution in [0.2, 0.25) is 0 Å². The standard InChI is InChI=1S/C26H28N2O5S/c1-15-10-16(2)23(17(3)11-15)22(29)14-34-26-27-21-12-18(25(31)32-4)7-8-20(21)24(30)28(26)13-19-6-5-9-33-19/h7-8,10-12,19H,5-6,9,13-14H2,1-4H3. The van der Waals surface area contributed by atoms with Crippen LogP contribution in [0.5, 0.6) is 0 Å². The lowest BCUT2D eigenvalue weighted by atomic mass is 9.97. The Labute approximate surface area is 202 Å². The number of aromatic nitrogens is 2. The fourth-order valence-corrected chi connectivity index (χ4v) is 5.41. The summed E-state index contributed by atoms with van der Waals surface area (Å²) in [7, 11) is 1.31. The van der Waals surface area contributed by atoms with E-state index in [0.717, 1.165) is 29.5 Å². The number of methoxy groups -OCH3 is 1. The molecule has 178 valence electrons. The van der Waals surface area contributed by atoms with Crippen molar-refractivity contribution >= 4 is 34.4 Å². The van der Waals surface area contributed by atoms with Gasteiger partial charge in [0.05, 0.1) is 42.0 Å². The molecule has 0 bridgehead atoms. The summed E-state index contributed by atoms with van der Waals surface area (Å²) in [6.07, 6.45) is 1.76. The molecular formula is C26H28N2O5S. The molecule has 34 heavy (non-hydrogen) atoms. The fraction of sp³-hybridized carbons (Fsp3) is 0.385. The number of carbonyl (C=O) groups excluding carboxylic acids is 2. The Morgan fingerprint density at radius 2 is 1.91 bits per heavy atom. The number of fused-ring (bicyclic) bond motifs is 1. The highest BCUT2D eigenvalue weighted by Gasteiger charge is 2.22. The van der Waals surface area contributed by atoms with E-state index in [0.29, 0.717) is 40.3 Å². The molecule has 1 atom stereocenters. The van der Waals surface area contributed by atoms with Gasteiger partial charge in [-0.25, -0.2) is 9.78 Å². The molecule has 7 nitrogen and oxygen atoms in total. The van der Waals surface area contributed by atoms with Gasteiger partial charge in [0, 0.05) is 12.2 Å². The lowest BCUT2D eigenvalue weighted by Crippen LogP contribution is -2.29. The molecule has 4 rings (SSSR count). The van der Waals surface area contributed by atoms with E-state index < -0.39 is 5.97 Å². The van der Waals surface area contributed by atoms with Crippen LogP contribution in [-0.4, -0.2) is 46.9 Å². The van der Waals surface area contributed by atoms with Gasteiger partial charge in [0.15, 0.2) is 10.9 Å². The molecule has 0 spiro atoms. The highest BCUT2D eigenvalue weighted by atomic mass is 32.2. The van der Waals surface area contributed by atoms with Gasteiger partial charge >= 0.3 is 5.97 Å². The normalized spacial score (nSPS) is 15.6. The molecular weight excluding hydrogens is 452 g/mol. The van der Waals surface area contributed by atoms with E-state index in [9.17, 15) is 14.4 Å². The molecule has 0 aliphatic carbocycles. The first-order valence-electron chi connectivity index (χ1n) is 11.3. The zero-order chi connectivity index (χ0) is 24.4. The van der Waals surface area contributed by atoms with Crippen molar-refractivity contribution in [3.05, 3.63) is 68.5 Å². The zero-order valence-corrected chi connectivity index (χ0v) is 20.7. The van der Waals surface area contributed by atoms with E-state index >= 15 is 0 Å². The van der Waals surface area contributed by atoms with Gasteiger partial charge in [0.2, 0.25) is 0 Å². The first kappa shape index (κ1) is 24.2. The fourth-order valence-electron chi connectivity index (χ4n) is 4.53. The molecule has 1 unspecified atom stereocenters. The molecule has 1 aliphatic rings. The third-order valence-electron chi connectivity index (χ3n) is 6.04. The topological polar surface area (TPSA) is 87.5 Å². The van der Waals surface area contributed by atoms with E-state index in [1.165, 1.54) is 18.9 Å². The molecule has 8 heteroatoms. The summed E-state index contributed by atoms with van der Waals surface area (Å²) >= 11 is 1.23. The van der Waals surface area contributed by atoms with Crippen LogP contribution in [0.15, 0.2) is 40.3 Å². The van der Waals surface area contributed by atoms with Crippen molar-refractivity contribution in [3.8, 4) is 0 Å². The minimum atomic E-state index is -0.498. The number of esters is 1. The van der Waals surface area contributed by atoms with Crippen LogP contribution in [0, 0.1) is 20.8 Å². The van der Waals surface area contributed by atoms with E-state index in [1.54, 1.807) is 22.8 Å². The third kappa shape index (κ3) is 4.93. The van der Waals surface area contributed by atoms with Crippen LogP contribution in [-0.2, 0) is 16.0 Å². The quantitative estimate of drug-likeness (QED) is 0.216. The Morgan fingerprint density at radius 1 is 1.18 bits per heavy atom. The van der Waals surface area contributed by atoms with Crippen molar-refractivity contribution < 1.29 is 19.1 Å². The molecule has 1 aliphatic heterocycles.